The molecule has 0 aliphatic carbocycles. The summed E-state index contributed by atoms with van der Waals surface area (Å²) in [5, 5.41) is 31.3. The molecule has 1 aromatic heterocycles. The summed E-state index contributed by atoms with van der Waals surface area (Å²) in [4.78, 5) is 37.3. The first-order valence-corrected chi connectivity index (χ1v) is 15.0. The summed E-state index contributed by atoms with van der Waals surface area (Å²) in [6.45, 7) is 0.233. The number of carboxylic acids is 2. The van der Waals surface area contributed by atoms with Crippen molar-refractivity contribution in [1.82, 2.24) is 14.8 Å². The molecule has 3 heterocycles. The summed E-state index contributed by atoms with van der Waals surface area (Å²) < 4.78 is 75.2. The van der Waals surface area contributed by atoms with Crippen LogP contribution in [-0.2, 0) is 25.8 Å². The van der Waals surface area contributed by atoms with Crippen molar-refractivity contribution in [2.75, 3.05) is 44.8 Å². The van der Waals surface area contributed by atoms with Crippen LogP contribution in [0.4, 0.5) is 27.6 Å². The van der Waals surface area contributed by atoms with Crippen LogP contribution in [0, 0.1) is 11.6 Å². The predicted molar refractivity (Wildman–Crippen MR) is 158 cm³/mol. The fourth-order valence-corrected chi connectivity index (χ4v) is 6.22. The standard InChI is InChI=1S/C31H35F5N4O7/c1-16-9-20-19-5-2-3-6-23(19)38-25(20)26(40(16)14-31(35,36)15-46-47-28(30(44)45)27(41)29(42)43)24-21(33)10-17(11-22(24)34)37-18-12-39(13-18)8-4-7-32/h2-3,5-6,10-11,16,18,26-28,37-38,41H,4,7-9,12-15H2,1H3,(H,42,43)(H,44,45)/t16-,26-,27-,28-/m1/s1. The molecule has 16 heteroatoms. The van der Waals surface area contributed by atoms with E-state index in [9.17, 15) is 19.1 Å². The molecule has 3 aromatic rings. The van der Waals surface area contributed by atoms with E-state index in [1.165, 1.54) is 4.90 Å². The van der Waals surface area contributed by atoms with Crippen molar-refractivity contribution in [2.24, 2.45) is 0 Å². The van der Waals surface area contributed by atoms with Gasteiger partial charge >= 0.3 is 11.9 Å². The molecular formula is C31H35F5N4O7. The lowest BCUT2D eigenvalue weighted by molar-refractivity contribution is -0.352. The number of alkyl halides is 3. The van der Waals surface area contributed by atoms with Gasteiger partial charge in [-0.05, 0) is 43.5 Å². The molecule has 47 heavy (non-hydrogen) atoms. The van der Waals surface area contributed by atoms with Crippen molar-refractivity contribution < 1.29 is 56.6 Å². The Bertz CT molecular complexity index is 1580. The number of halogens is 5. The van der Waals surface area contributed by atoms with E-state index < -0.39 is 79.2 Å². The van der Waals surface area contributed by atoms with Crippen molar-refractivity contribution in [3.63, 3.8) is 0 Å². The van der Waals surface area contributed by atoms with Crippen LogP contribution in [-0.4, -0.2) is 112 Å². The van der Waals surface area contributed by atoms with E-state index in [0.29, 0.717) is 42.8 Å². The van der Waals surface area contributed by atoms with Crippen LogP contribution in [0.25, 0.3) is 10.9 Å². The highest BCUT2D eigenvalue weighted by Crippen LogP contribution is 2.44. The van der Waals surface area contributed by atoms with Crippen molar-refractivity contribution in [2.45, 2.75) is 56.0 Å². The molecule has 0 saturated carbocycles. The molecule has 5 rings (SSSR count). The van der Waals surface area contributed by atoms with E-state index in [1.807, 2.05) is 11.0 Å². The number of carbonyl (C=O) groups is 2. The predicted octanol–water partition coefficient (Wildman–Crippen LogP) is 3.72. The van der Waals surface area contributed by atoms with Gasteiger partial charge in [-0.25, -0.2) is 36.9 Å². The van der Waals surface area contributed by atoms with Crippen LogP contribution in [0.1, 0.15) is 36.2 Å². The highest BCUT2D eigenvalue weighted by atomic mass is 19.3. The number of aromatic nitrogens is 1. The minimum atomic E-state index is -3.81. The fraction of sp³-hybridized carbons (Fsp3) is 0.484. The smallest absolute Gasteiger partial charge is 0.339 e. The molecule has 4 atom stereocenters. The second kappa shape index (κ2) is 14.1. The van der Waals surface area contributed by atoms with Gasteiger partial charge in [0.25, 0.3) is 5.92 Å². The molecule has 0 unspecified atom stereocenters. The lowest BCUT2D eigenvalue weighted by Crippen LogP contribution is -2.54. The van der Waals surface area contributed by atoms with Crippen molar-refractivity contribution >= 4 is 28.5 Å². The number of carboxylic acid groups (broad SMARTS) is 2. The van der Waals surface area contributed by atoms with E-state index in [-0.39, 0.29) is 18.2 Å². The minimum absolute atomic E-state index is 0.107. The van der Waals surface area contributed by atoms with Gasteiger partial charge in [0.2, 0.25) is 6.10 Å². The zero-order chi connectivity index (χ0) is 34.0. The number of aromatic amines is 1. The largest absolute Gasteiger partial charge is 0.479 e. The third-order valence-corrected chi connectivity index (χ3v) is 8.44. The quantitative estimate of drug-likeness (QED) is 0.0921. The first-order chi connectivity index (χ1) is 22.3. The Morgan fingerprint density at radius 1 is 1.13 bits per heavy atom. The number of aliphatic hydroxyl groups is 1. The van der Waals surface area contributed by atoms with E-state index >= 15 is 17.6 Å². The van der Waals surface area contributed by atoms with Gasteiger partial charge in [0.15, 0.2) is 6.10 Å². The molecule has 0 radical (unpaired) electrons. The Morgan fingerprint density at radius 3 is 2.45 bits per heavy atom. The molecule has 2 aromatic carbocycles. The molecule has 0 spiro atoms. The monoisotopic (exact) mass is 670 g/mol. The van der Waals surface area contributed by atoms with E-state index in [0.717, 1.165) is 17.5 Å². The summed E-state index contributed by atoms with van der Waals surface area (Å²) in [6, 6.07) is 7.23. The third kappa shape index (κ3) is 7.51. The Hall–Kier alpha value is -3.83. The summed E-state index contributed by atoms with van der Waals surface area (Å²) >= 11 is 0. The van der Waals surface area contributed by atoms with Crippen LogP contribution >= 0.6 is 0 Å². The molecule has 256 valence electrons. The van der Waals surface area contributed by atoms with Crippen molar-refractivity contribution in [3.8, 4) is 0 Å². The van der Waals surface area contributed by atoms with Gasteiger partial charge < -0.3 is 25.6 Å². The molecule has 0 amide bonds. The maximum absolute atomic E-state index is 16.0. The number of anilines is 1. The van der Waals surface area contributed by atoms with Gasteiger partial charge in [-0.3, -0.25) is 14.2 Å². The van der Waals surface area contributed by atoms with Gasteiger partial charge in [-0.15, -0.1) is 0 Å². The number of hydrogen-bond acceptors (Lipinski definition) is 8. The molecule has 1 fully saturated rings. The normalized spacial score (nSPS) is 20.5. The number of aliphatic carboxylic acids is 2. The summed E-state index contributed by atoms with van der Waals surface area (Å²) in [7, 11) is 0. The number of fused-ring (bicyclic) bond motifs is 3. The van der Waals surface area contributed by atoms with Gasteiger partial charge in [-0.2, -0.15) is 0 Å². The molecule has 2 aliphatic rings. The van der Waals surface area contributed by atoms with Crippen LogP contribution in [0.5, 0.6) is 0 Å². The van der Waals surface area contributed by atoms with E-state index in [4.69, 9.17) is 10.2 Å². The van der Waals surface area contributed by atoms with E-state index in [2.05, 4.69) is 20.1 Å². The maximum atomic E-state index is 16.0. The lowest BCUT2D eigenvalue weighted by atomic mass is 9.87. The number of para-hydroxylation sites is 1. The number of rotatable bonds is 15. The SMILES string of the molecule is C[C@@H]1Cc2c([nH]c3ccccc23)[C@@H](c2c(F)cc(NC3CN(CCCF)C3)cc2F)N1CC(F)(F)COO[C@@H](C(=O)O)[C@@H](O)C(=O)O. The van der Waals surface area contributed by atoms with Gasteiger partial charge in [-0.1, -0.05) is 18.2 Å². The van der Waals surface area contributed by atoms with Crippen LogP contribution in [0.3, 0.4) is 0 Å². The zero-order valence-electron chi connectivity index (χ0n) is 25.3. The van der Waals surface area contributed by atoms with Crippen molar-refractivity contribution in [1.29, 1.82) is 0 Å². The summed E-state index contributed by atoms with van der Waals surface area (Å²) in [6.07, 6.45) is -4.45. The summed E-state index contributed by atoms with van der Waals surface area (Å²) in [5.41, 5.74) is 1.40. The third-order valence-electron chi connectivity index (χ3n) is 8.44. The Labute approximate surface area is 265 Å². The second-order valence-electron chi connectivity index (χ2n) is 11.9. The number of H-pyrrole nitrogens is 1. The average Bonchev–Trinajstić information content (AvgIpc) is 3.34. The van der Waals surface area contributed by atoms with Gasteiger partial charge in [0.1, 0.15) is 18.2 Å². The van der Waals surface area contributed by atoms with Crippen molar-refractivity contribution in [3.05, 3.63) is 64.9 Å². The number of nitrogens with one attached hydrogen (secondary N) is 2. The summed E-state index contributed by atoms with van der Waals surface area (Å²) in [5.74, 6) is -9.68. The number of aliphatic hydroxyl groups excluding tert-OH is 1. The van der Waals surface area contributed by atoms with Gasteiger partial charge in [0, 0.05) is 53.5 Å². The Morgan fingerprint density at radius 2 is 1.81 bits per heavy atom. The fourth-order valence-electron chi connectivity index (χ4n) is 6.22. The average molecular weight is 671 g/mol. The number of nitrogens with zero attached hydrogens (tertiary/aromatic N) is 2. The highest BCUT2D eigenvalue weighted by molar-refractivity contribution is 5.85. The second-order valence-corrected chi connectivity index (χ2v) is 11.9. The first-order valence-electron chi connectivity index (χ1n) is 15.0. The molecule has 5 N–H and O–H groups in total. The highest BCUT2D eigenvalue weighted by Gasteiger charge is 2.45. The number of hydrogen-bond donors (Lipinski definition) is 5. The van der Waals surface area contributed by atoms with Crippen LogP contribution in [0.2, 0.25) is 0 Å². The Kier molecular flexibility index (Phi) is 10.4. The lowest BCUT2D eigenvalue weighted by Gasteiger charge is -2.42. The molecular weight excluding hydrogens is 635 g/mol. The maximum Gasteiger partial charge on any atom is 0.339 e. The number of benzene rings is 2. The first kappa shape index (κ1) is 34.5. The molecule has 2 aliphatic heterocycles. The van der Waals surface area contributed by atoms with Crippen LogP contribution in [0.15, 0.2) is 36.4 Å². The van der Waals surface area contributed by atoms with Gasteiger partial charge in [0.05, 0.1) is 25.3 Å². The minimum Gasteiger partial charge on any atom is -0.479 e. The zero-order valence-corrected chi connectivity index (χ0v) is 25.3. The topological polar surface area (TPSA) is 148 Å². The van der Waals surface area contributed by atoms with Crippen LogP contribution < -0.4 is 5.32 Å². The molecule has 1 saturated heterocycles. The number of likely N-dealkylation sites (tertiary alicyclic amines) is 1. The Balaban J connectivity index is 1.41. The molecule has 0 bridgehead atoms. The van der Waals surface area contributed by atoms with E-state index in [1.54, 1.807) is 25.1 Å². The molecule has 11 nitrogen and oxygen atoms in total.